The topological polar surface area (TPSA) is 72.9 Å². The first kappa shape index (κ1) is 17.2. The Morgan fingerprint density at radius 3 is 2.43 bits per heavy atom. The predicted molar refractivity (Wildman–Crippen MR) is 85.2 cm³/mol. The molecule has 2 saturated carbocycles. The lowest BCUT2D eigenvalue weighted by atomic mass is 9.87. The summed E-state index contributed by atoms with van der Waals surface area (Å²) in [6.07, 6.45) is 1.35. The molecule has 0 radical (unpaired) electrons. The minimum Gasteiger partial charge on any atom is -0.461 e. The molecule has 2 aliphatic carbocycles. The average molecular weight is 345 g/mol. The first-order chi connectivity index (χ1) is 10.7. The van der Waals surface area contributed by atoms with Crippen molar-refractivity contribution in [2.75, 3.05) is 13.2 Å². The van der Waals surface area contributed by atoms with Gasteiger partial charge in [0.15, 0.2) is 0 Å². The molecule has 0 aromatic rings. The minimum absolute atomic E-state index is 0.00264. The van der Waals surface area contributed by atoms with Gasteiger partial charge in [0.25, 0.3) is 10.1 Å². The maximum absolute atomic E-state index is 12.3. The van der Waals surface area contributed by atoms with Gasteiger partial charge < -0.3 is 4.74 Å². The molecular weight excluding hydrogens is 318 g/mol. The third-order valence-corrected chi connectivity index (χ3v) is 7.57. The zero-order valence-electron chi connectivity index (χ0n) is 14.3. The van der Waals surface area contributed by atoms with Crippen molar-refractivity contribution in [3.05, 3.63) is 0 Å². The molecule has 3 rings (SSSR count). The number of esters is 1. The number of rotatable bonds is 5. The number of hydrogen-bond acceptors (Lipinski definition) is 6. The largest absolute Gasteiger partial charge is 0.461 e. The summed E-state index contributed by atoms with van der Waals surface area (Å²) in [6, 6.07) is 0.556. The highest BCUT2D eigenvalue weighted by Crippen LogP contribution is 2.55. The van der Waals surface area contributed by atoms with E-state index < -0.39 is 10.1 Å². The molecule has 23 heavy (non-hydrogen) atoms. The molecule has 6 nitrogen and oxygen atoms in total. The zero-order chi connectivity index (χ0) is 16.9. The van der Waals surface area contributed by atoms with E-state index in [1.165, 1.54) is 0 Å². The lowest BCUT2D eigenvalue weighted by Gasteiger charge is -2.32. The molecule has 0 N–H and O–H groups in total. The fourth-order valence-corrected chi connectivity index (χ4v) is 6.66. The Labute approximate surface area is 138 Å². The molecule has 0 aromatic heterocycles. The van der Waals surface area contributed by atoms with Crippen LogP contribution in [0, 0.1) is 17.8 Å². The third-order valence-electron chi connectivity index (χ3n) is 5.70. The van der Waals surface area contributed by atoms with Gasteiger partial charge in [-0.1, -0.05) is 0 Å². The van der Waals surface area contributed by atoms with E-state index in [1.54, 1.807) is 0 Å². The maximum Gasteiger partial charge on any atom is 0.320 e. The second-order valence-electron chi connectivity index (χ2n) is 7.69. The quantitative estimate of drug-likeness (QED) is 0.554. The molecule has 3 fully saturated rings. The van der Waals surface area contributed by atoms with Crippen LogP contribution in [0.5, 0.6) is 0 Å². The van der Waals surface area contributed by atoms with Crippen LogP contribution in [0.3, 0.4) is 0 Å². The van der Waals surface area contributed by atoms with E-state index in [-0.39, 0.29) is 60.3 Å². The van der Waals surface area contributed by atoms with E-state index >= 15 is 0 Å². The smallest absolute Gasteiger partial charge is 0.320 e. The van der Waals surface area contributed by atoms with Crippen molar-refractivity contribution in [3.8, 4) is 0 Å². The lowest BCUT2D eigenvalue weighted by Crippen LogP contribution is -2.43. The minimum atomic E-state index is -3.40. The molecule has 7 heteroatoms. The fourth-order valence-electron chi connectivity index (χ4n) is 4.76. The van der Waals surface area contributed by atoms with Crippen molar-refractivity contribution < 1.29 is 22.1 Å². The number of fused-ring (bicyclic) bond motifs is 5. The van der Waals surface area contributed by atoms with Crippen molar-refractivity contribution in [1.82, 2.24) is 4.90 Å². The van der Waals surface area contributed by atoms with E-state index in [0.717, 1.165) is 6.42 Å². The fraction of sp³-hybridized carbons (Fsp3) is 0.938. The van der Waals surface area contributed by atoms with Crippen LogP contribution in [0.4, 0.5) is 0 Å². The van der Waals surface area contributed by atoms with Gasteiger partial charge in [-0.15, -0.1) is 0 Å². The summed E-state index contributed by atoms with van der Waals surface area (Å²) in [7, 11) is -3.40. The summed E-state index contributed by atoms with van der Waals surface area (Å²) >= 11 is 0. The molecule has 5 atom stereocenters. The highest BCUT2D eigenvalue weighted by Gasteiger charge is 2.62. The van der Waals surface area contributed by atoms with E-state index in [1.807, 2.05) is 0 Å². The van der Waals surface area contributed by atoms with E-state index in [0.29, 0.717) is 6.42 Å². The normalized spacial score (nSPS) is 37.8. The lowest BCUT2D eigenvalue weighted by molar-refractivity contribution is -0.155. The van der Waals surface area contributed by atoms with Crippen LogP contribution in [-0.4, -0.2) is 55.9 Å². The summed E-state index contributed by atoms with van der Waals surface area (Å²) in [5.41, 5.74) is 0. The highest BCUT2D eigenvalue weighted by atomic mass is 32.2. The van der Waals surface area contributed by atoms with Crippen LogP contribution in [0.1, 0.15) is 40.5 Å². The summed E-state index contributed by atoms with van der Waals surface area (Å²) in [4.78, 5) is 14.4. The third kappa shape index (κ3) is 3.03. The van der Waals surface area contributed by atoms with E-state index in [4.69, 9.17) is 8.92 Å². The van der Waals surface area contributed by atoms with Gasteiger partial charge in [0, 0.05) is 23.9 Å². The van der Waals surface area contributed by atoms with E-state index in [9.17, 15) is 13.2 Å². The summed E-state index contributed by atoms with van der Waals surface area (Å²) in [5.74, 6) is 0.0190. The van der Waals surface area contributed by atoms with Crippen molar-refractivity contribution in [1.29, 1.82) is 0 Å². The van der Waals surface area contributed by atoms with Crippen molar-refractivity contribution in [2.24, 2.45) is 17.8 Å². The SMILES string of the molecule is CC(C)N(CC(=O)OC1CC2CC1C1COS(=O)(=O)C21)C(C)C. The van der Waals surface area contributed by atoms with Crippen LogP contribution >= 0.6 is 0 Å². The standard InChI is InChI=1S/C16H27NO5S/c1-9(2)17(10(3)4)7-15(18)22-14-6-11-5-12(14)13-8-21-23(19,20)16(11)13/h9-14,16H,5-8H2,1-4H3. The van der Waals surface area contributed by atoms with Gasteiger partial charge in [-0.2, -0.15) is 8.42 Å². The van der Waals surface area contributed by atoms with Gasteiger partial charge >= 0.3 is 5.97 Å². The van der Waals surface area contributed by atoms with Gasteiger partial charge in [0.2, 0.25) is 0 Å². The van der Waals surface area contributed by atoms with Crippen LogP contribution in [0.2, 0.25) is 0 Å². The zero-order valence-corrected chi connectivity index (χ0v) is 15.1. The van der Waals surface area contributed by atoms with Crippen molar-refractivity contribution in [2.45, 2.75) is 64.0 Å². The number of carbonyl (C=O) groups excluding carboxylic acids is 1. The molecule has 0 amide bonds. The number of hydrogen-bond donors (Lipinski definition) is 0. The molecular formula is C16H27NO5S. The molecule has 2 bridgehead atoms. The Kier molecular flexibility index (Phi) is 4.48. The summed E-state index contributed by atoms with van der Waals surface area (Å²) in [6.45, 7) is 8.80. The van der Waals surface area contributed by atoms with Gasteiger partial charge in [-0.05, 0) is 46.5 Å². The van der Waals surface area contributed by atoms with Crippen LogP contribution in [-0.2, 0) is 23.8 Å². The van der Waals surface area contributed by atoms with Crippen LogP contribution < -0.4 is 0 Å². The maximum atomic E-state index is 12.3. The number of ether oxygens (including phenoxy) is 1. The Morgan fingerprint density at radius 1 is 1.17 bits per heavy atom. The highest BCUT2D eigenvalue weighted by molar-refractivity contribution is 7.87. The second kappa shape index (κ2) is 6.01. The molecule has 5 unspecified atom stereocenters. The Hall–Kier alpha value is -0.660. The Morgan fingerprint density at radius 2 is 1.83 bits per heavy atom. The average Bonchev–Trinajstić information content (AvgIpc) is 3.07. The van der Waals surface area contributed by atoms with Crippen molar-refractivity contribution in [3.63, 3.8) is 0 Å². The molecule has 0 spiro atoms. The van der Waals surface area contributed by atoms with Crippen LogP contribution in [0.25, 0.3) is 0 Å². The van der Waals surface area contributed by atoms with Gasteiger partial charge in [-0.25, -0.2) is 0 Å². The molecule has 0 aromatic carbocycles. The van der Waals surface area contributed by atoms with Gasteiger partial charge in [0.1, 0.15) is 6.10 Å². The van der Waals surface area contributed by atoms with Crippen molar-refractivity contribution >= 4 is 16.1 Å². The Bertz CT molecular complexity index is 565. The molecule has 1 saturated heterocycles. The number of nitrogens with zero attached hydrogens (tertiary/aromatic N) is 1. The van der Waals surface area contributed by atoms with E-state index in [2.05, 4.69) is 32.6 Å². The second-order valence-corrected chi connectivity index (χ2v) is 9.45. The van der Waals surface area contributed by atoms with Crippen LogP contribution in [0.15, 0.2) is 0 Å². The summed E-state index contributed by atoms with van der Waals surface area (Å²) in [5, 5.41) is -0.370. The molecule has 132 valence electrons. The predicted octanol–water partition coefficient (Wildman–Crippen LogP) is 1.40. The molecule has 1 aliphatic heterocycles. The van der Waals surface area contributed by atoms with Gasteiger partial charge in [-0.3, -0.25) is 13.9 Å². The van der Waals surface area contributed by atoms with Gasteiger partial charge in [0.05, 0.1) is 18.4 Å². The summed E-state index contributed by atoms with van der Waals surface area (Å²) < 4.78 is 34.6. The molecule has 3 aliphatic rings. The number of carbonyl (C=O) groups is 1. The molecule has 1 heterocycles. The first-order valence-corrected chi connectivity index (χ1v) is 10.0. The Balaban J connectivity index is 1.60. The first-order valence-electron chi connectivity index (χ1n) is 8.54. The monoisotopic (exact) mass is 345 g/mol.